The highest BCUT2D eigenvalue weighted by atomic mass is 15.3. The molecule has 0 radical (unpaired) electrons. The van der Waals surface area contributed by atoms with Crippen LogP contribution in [0.25, 0.3) is 11.2 Å². The molecule has 4 aromatic heterocycles. The molecule has 0 saturated heterocycles. The lowest BCUT2D eigenvalue weighted by molar-refractivity contribution is 0.684. The van der Waals surface area contributed by atoms with Crippen LogP contribution >= 0.6 is 0 Å². The number of nitrogen functional groups attached to an aromatic ring is 1. The van der Waals surface area contributed by atoms with Gasteiger partial charge in [0.2, 0.25) is 5.65 Å². The molecule has 23 heavy (non-hydrogen) atoms. The first-order valence-corrected chi connectivity index (χ1v) is 7.14. The Labute approximate surface area is 131 Å². The van der Waals surface area contributed by atoms with E-state index in [2.05, 4.69) is 30.5 Å². The van der Waals surface area contributed by atoms with E-state index >= 15 is 0 Å². The van der Waals surface area contributed by atoms with E-state index < -0.39 is 0 Å². The zero-order valence-electron chi connectivity index (χ0n) is 12.2. The van der Waals surface area contributed by atoms with E-state index in [1.807, 2.05) is 41.5 Å². The largest absolute Gasteiger partial charge is 0.384 e. The fourth-order valence-corrected chi connectivity index (χ4v) is 2.54. The van der Waals surface area contributed by atoms with Gasteiger partial charge in [-0.05, 0) is 28.8 Å². The first-order chi connectivity index (χ1) is 11.3. The van der Waals surface area contributed by atoms with E-state index in [0.29, 0.717) is 24.4 Å². The van der Waals surface area contributed by atoms with E-state index in [-0.39, 0.29) is 0 Å². The number of pyridine rings is 2. The van der Waals surface area contributed by atoms with Crippen LogP contribution in [0, 0.1) is 0 Å². The molecule has 0 unspecified atom stereocenters. The highest BCUT2D eigenvalue weighted by molar-refractivity contribution is 5.76. The van der Waals surface area contributed by atoms with Gasteiger partial charge in [0.1, 0.15) is 11.3 Å². The van der Waals surface area contributed by atoms with Crippen molar-refractivity contribution < 1.29 is 0 Å². The number of anilines is 1. The summed E-state index contributed by atoms with van der Waals surface area (Å²) < 4.78 is 1.89. The third-order valence-electron chi connectivity index (χ3n) is 3.54. The Morgan fingerprint density at radius 2 is 2.13 bits per heavy atom. The SMILES string of the molecule is Nc1cc(Cc2cnn(Cc3cccnc3)c2)c2n[nH]nc2n1. The smallest absolute Gasteiger partial charge is 0.203 e. The van der Waals surface area contributed by atoms with Crippen molar-refractivity contribution in [3.8, 4) is 0 Å². The van der Waals surface area contributed by atoms with E-state index in [1.54, 1.807) is 6.20 Å². The second-order valence-corrected chi connectivity index (χ2v) is 5.29. The average Bonchev–Trinajstić information content (AvgIpc) is 3.17. The van der Waals surface area contributed by atoms with Crippen molar-refractivity contribution in [2.24, 2.45) is 0 Å². The maximum Gasteiger partial charge on any atom is 0.203 e. The highest BCUT2D eigenvalue weighted by Crippen LogP contribution is 2.18. The van der Waals surface area contributed by atoms with Gasteiger partial charge >= 0.3 is 0 Å². The maximum atomic E-state index is 5.82. The number of nitrogens with zero attached hydrogens (tertiary/aromatic N) is 6. The number of aromatic nitrogens is 7. The predicted molar refractivity (Wildman–Crippen MR) is 84.5 cm³/mol. The predicted octanol–water partition coefficient (Wildman–Crippen LogP) is 1.17. The number of hydrogen-bond donors (Lipinski definition) is 2. The van der Waals surface area contributed by atoms with Crippen LogP contribution in [0.1, 0.15) is 16.7 Å². The van der Waals surface area contributed by atoms with Crippen molar-refractivity contribution in [3.63, 3.8) is 0 Å². The molecule has 114 valence electrons. The summed E-state index contributed by atoms with van der Waals surface area (Å²) in [7, 11) is 0. The molecule has 0 bridgehead atoms. The van der Waals surface area contributed by atoms with Gasteiger partial charge in [-0.2, -0.15) is 15.4 Å². The maximum absolute atomic E-state index is 5.82. The lowest BCUT2D eigenvalue weighted by Crippen LogP contribution is -2.00. The first-order valence-electron chi connectivity index (χ1n) is 7.14. The molecule has 8 heteroatoms. The Morgan fingerprint density at radius 3 is 3.00 bits per heavy atom. The van der Waals surface area contributed by atoms with Crippen LogP contribution in [-0.4, -0.2) is 35.2 Å². The van der Waals surface area contributed by atoms with Crippen LogP contribution in [0.4, 0.5) is 5.82 Å². The van der Waals surface area contributed by atoms with Crippen molar-refractivity contribution in [1.82, 2.24) is 35.2 Å². The number of H-pyrrole nitrogens is 1. The molecule has 4 aromatic rings. The molecule has 0 aliphatic heterocycles. The molecule has 0 atom stereocenters. The molecule has 0 aliphatic carbocycles. The lowest BCUT2D eigenvalue weighted by Gasteiger charge is -2.02. The quantitative estimate of drug-likeness (QED) is 0.585. The van der Waals surface area contributed by atoms with Crippen LogP contribution in [0.15, 0.2) is 43.0 Å². The average molecular weight is 306 g/mol. The third kappa shape index (κ3) is 2.73. The van der Waals surface area contributed by atoms with Gasteiger partial charge in [0, 0.05) is 25.0 Å². The molecular weight excluding hydrogens is 292 g/mol. The molecule has 0 fully saturated rings. The minimum atomic E-state index is 0.434. The van der Waals surface area contributed by atoms with Crippen molar-refractivity contribution in [1.29, 1.82) is 0 Å². The Kier molecular flexibility index (Phi) is 3.19. The normalized spacial score (nSPS) is 11.1. The summed E-state index contributed by atoms with van der Waals surface area (Å²) in [6.45, 7) is 0.686. The van der Waals surface area contributed by atoms with Gasteiger partial charge in [0.05, 0.1) is 12.7 Å². The van der Waals surface area contributed by atoms with Crippen LogP contribution in [-0.2, 0) is 13.0 Å². The Balaban J connectivity index is 1.58. The van der Waals surface area contributed by atoms with Crippen LogP contribution in [0.5, 0.6) is 0 Å². The summed E-state index contributed by atoms with van der Waals surface area (Å²) in [5, 5.41) is 15.1. The van der Waals surface area contributed by atoms with Gasteiger partial charge in [-0.25, -0.2) is 4.98 Å². The number of rotatable bonds is 4. The van der Waals surface area contributed by atoms with Gasteiger partial charge in [-0.15, -0.1) is 5.10 Å². The summed E-state index contributed by atoms with van der Waals surface area (Å²) in [6, 6.07) is 5.76. The van der Waals surface area contributed by atoms with Crippen LogP contribution in [0.3, 0.4) is 0 Å². The summed E-state index contributed by atoms with van der Waals surface area (Å²) >= 11 is 0. The van der Waals surface area contributed by atoms with Crippen molar-refractivity contribution in [2.45, 2.75) is 13.0 Å². The molecule has 0 spiro atoms. The Morgan fingerprint density at radius 1 is 1.17 bits per heavy atom. The van der Waals surface area contributed by atoms with E-state index in [1.165, 1.54) is 0 Å². The van der Waals surface area contributed by atoms with Crippen molar-refractivity contribution in [2.75, 3.05) is 5.73 Å². The van der Waals surface area contributed by atoms with Crippen LogP contribution < -0.4 is 5.73 Å². The highest BCUT2D eigenvalue weighted by Gasteiger charge is 2.10. The summed E-state index contributed by atoms with van der Waals surface area (Å²) in [4.78, 5) is 8.26. The molecular formula is C15H14N8. The minimum Gasteiger partial charge on any atom is -0.384 e. The fraction of sp³-hybridized carbons (Fsp3) is 0.133. The molecule has 0 aromatic carbocycles. The standard InChI is InChI=1S/C15H14N8/c16-13-5-12(14-15(19-13)21-22-20-14)4-11-7-18-23(9-11)8-10-2-1-3-17-6-10/h1-3,5-7,9H,4,8H2,(H3,16,19,20,21,22). The van der Waals surface area contributed by atoms with Gasteiger partial charge in [0.15, 0.2) is 0 Å². The molecule has 0 amide bonds. The van der Waals surface area contributed by atoms with E-state index in [0.717, 1.165) is 22.2 Å². The molecule has 0 aliphatic rings. The molecule has 3 N–H and O–H groups in total. The number of nitrogens with one attached hydrogen (secondary N) is 1. The second kappa shape index (κ2) is 5.48. The number of fused-ring (bicyclic) bond motifs is 1. The lowest BCUT2D eigenvalue weighted by atomic mass is 10.1. The van der Waals surface area contributed by atoms with E-state index in [4.69, 9.17) is 5.73 Å². The third-order valence-corrected chi connectivity index (χ3v) is 3.54. The summed E-state index contributed by atoms with van der Waals surface area (Å²) in [5.74, 6) is 0.434. The Bertz CT molecular complexity index is 940. The Hall–Kier alpha value is -3.29. The van der Waals surface area contributed by atoms with Gasteiger partial charge in [0.25, 0.3) is 0 Å². The zero-order valence-corrected chi connectivity index (χ0v) is 12.2. The topological polar surface area (TPSA) is 111 Å². The molecule has 0 saturated carbocycles. The van der Waals surface area contributed by atoms with Crippen molar-refractivity contribution in [3.05, 3.63) is 59.7 Å². The first kappa shape index (κ1) is 13.4. The monoisotopic (exact) mass is 306 g/mol. The van der Waals surface area contributed by atoms with Gasteiger partial charge < -0.3 is 5.73 Å². The minimum absolute atomic E-state index is 0.434. The fourth-order valence-electron chi connectivity index (χ4n) is 2.54. The summed E-state index contributed by atoms with van der Waals surface area (Å²) in [6.07, 6.45) is 8.12. The molecule has 4 heterocycles. The molecule has 4 rings (SSSR count). The van der Waals surface area contributed by atoms with Crippen LogP contribution in [0.2, 0.25) is 0 Å². The zero-order chi connectivity index (χ0) is 15.6. The van der Waals surface area contributed by atoms with Crippen molar-refractivity contribution >= 4 is 17.0 Å². The van der Waals surface area contributed by atoms with E-state index in [9.17, 15) is 0 Å². The number of hydrogen-bond acceptors (Lipinski definition) is 6. The molecule has 8 nitrogen and oxygen atoms in total. The number of aromatic amines is 1. The van der Waals surface area contributed by atoms with Gasteiger partial charge in [-0.1, -0.05) is 6.07 Å². The second-order valence-electron chi connectivity index (χ2n) is 5.29. The number of nitrogens with two attached hydrogens (primary N) is 1. The van der Waals surface area contributed by atoms with Gasteiger partial charge in [-0.3, -0.25) is 9.67 Å². The summed E-state index contributed by atoms with van der Waals surface area (Å²) in [5.41, 5.74) is 10.2.